The van der Waals surface area contributed by atoms with Crippen LogP contribution in [0, 0.1) is 10.1 Å². The Balaban J connectivity index is 2.46. The molecule has 19 heavy (non-hydrogen) atoms. The SMILES string of the molecule is NNc1c(Cn2ccccc2=O)cccc1[N+](=O)[O-]. The summed E-state index contributed by atoms with van der Waals surface area (Å²) < 4.78 is 1.44. The summed E-state index contributed by atoms with van der Waals surface area (Å²) in [6.07, 6.45) is 1.61. The summed E-state index contributed by atoms with van der Waals surface area (Å²) in [7, 11) is 0. The molecule has 0 amide bonds. The fourth-order valence-electron chi connectivity index (χ4n) is 1.81. The van der Waals surface area contributed by atoms with Crippen LogP contribution in [-0.2, 0) is 6.54 Å². The first-order chi connectivity index (χ1) is 9.13. The molecule has 98 valence electrons. The van der Waals surface area contributed by atoms with Crippen LogP contribution in [0.2, 0.25) is 0 Å². The van der Waals surface area contributed by atoms with E-state index in [1.165, 1.54) is 16.7 Å². The van der Waals surface area contributed by atoms with Gasteiger partial charge in [-0.15, -0.1) is 0 Å². The molecule has 0 spiro atoms. The minimum atomic E-state index is -0.521. The number of para-hydroxylation sites is 1. The number of hydrogen-bond acceptors (Lipinski definition) is 5. The van der Waals surface area contributed by atoms with Gasteiger partial charge in [-0.3, -0.25) is 20.8 Å². The van der Waals surface area contributed by atoms with Gasteiger partial charge >= 0.3 is 0 Å². The van der Waals surface area contributed by atoms with E-state index in [9.17, 15) is 14.9 Å². The van der Waals surface area contributed by atoms with Crippen molar-refractivity contribution in [3.05, 3.63) is 68.6 Å². The minimum absolute atomic E-state index is 0.121. The minimum Gasteiger partial charge on any atom is -0.318 e. The molecule has 0 fully saturated rings. The number of benzene rings is 1. The lowest BCUT2D eigenvalue weighted by Gasteiger charge is -2.10. The second-order valence-corrected chi connectivity index (χ2v) is 3.88. The summed E-state index contributed by atoms with van der Waals surface area (Å²) in [4.78, 5) is 22.0. The molecule has 0 aliphatic rings. The van der Waals surface area contributed by atoms with E-state index in [1.807, 2.05) is 0 Å². The fraction of sp³-hybridized carbons (Fsp3) is 0.0833. The first-order valence-corrected chi connectivity index (χ1v) is 5.52. The van der Waals surface area contributed by atoms with Gasteiger partial charge < -0.3 is 9.99 Å². The molecule has 0 aliphatic carbocycles. The summed E-state index contributed by atoms with van der Waals surface area (Å²) in [5.41, 5.74) is 2.81. The Bertz CT molecular complexity index is 666. The summed E-state index contributed by atoms with van der Waals surface area (Å²) in [6, 6.07) is 9.37. The zero-order chi connectivity index (χ0) is 13.8. The number of aromatic nitrogens is 1. The molecule has 0 aliphatic heterocycles. The predicted molar refractivity (Wildman–Crippen MR) is 70.7 cm³/mol. The highest BCUT2D eigenvalue weighted by Crippen LogP contribution is 2.27. The zero-order valence-corrected chi connectivity index (χ0v) is 9.95. The molecular weight excluding hydrogens is 248 g/mol. The number of nitrogens with two attached hydrogens (primary N) is 1. The van der Waals surface area contributed by atoms with Crippen molar-refractivity contribution in [2.24, 2.45) is 5.84 Å². The maximum atomic E-state index is 11.6. The van der Waals surface area contributed by atoms with Gasteiger partial charge in [0.15, 0.2) is 0 Å². The number of rotatable bonds is 4. The van der Waals surface area contributed by atoms with Crippen molar-refractivity contribution in [1.82, 2.24) is 4.57 Å². The quantitative estimate of drug-likeness (QED) is 0.486. The van der Waals surface area contributed by atoms with Crippen molar-refractivity contribution in [1.29, 1.82) is 0 Å². The van der Waals surface area contributed by atoms with E-state index in [0.29, 0.717) is 5.56 Å². The second kappa shape index (κ2) is 5.32. The first-order valence-electron chi connectivity index (χ1n) is 5.52. The fourth-order valence-corrected chi connectivity index (χ4v) is 1.81. The molecule has 2 rings (SSSR count). The van der Waals surface area contributed by atoms with E-state index in [0.717, 1.165) is 0 Å². The van der Waals surface area contributed by atoms with Crippen LogP contribution in [0.25, 0.3) is 0 Å². The van der Waals surface area contributed by atoms with Crippen molar-refractivity contribution >= 4 is 11.4 Å². The number of nitro groups is 1. The molecule has 0 unspecified atom stereocenters. The van der Waals surface area contributed by atoms with Crippen LogP contribution in [0.1, 0.15) is 5.56 Å². The molecule has 2 aromatic rings. The molecule has 1 aromatic carbocycles. The maximum Gasteiger partial charge on any atom is 0.293 e. The number of hydrogen-bond donors (Lipinski definition) is 2. The smallest absolute Gasteiger partial charge is 0.293 e. The van der Waals surface area contributed by atoms with Crippen molar-refractivity contribution in [3.63, 3.8) is 0 Å². The van der Waals surface area contributed by atoms with Gasteiger partial charge in [0.05, 0.1) is 11.5 Å². The summed E-state index contributed by atoms with van der Waals surface area (Å²) in [5, 5.41) is 10.9. The van der Waals surface area contributed by atoms with Crippen molar-refractivity contribution in [2.75, 3.05) is 5.43 Å². The molecule has 1 heterocycles. The van der Waals surface area contributed by atoms with Gasteiger partial charge in [-0.1, -0.05) is 18.2 Å². The zero-order valence-electron chi connectivity index (χ0n) is 9.95. The van der Waals surface area contributed by atoms with Gasteiger partial charge in [0, 0.05) is 23.9 Å². The number of nitro benzene ring substituents is 1. The highest BCUT2D eigenvalue weighted by molar-refractivity contribution is 5.65. The molecule has 3 N–H and O–H groups in total. The Hall–Kier alpha value is -2.67. The summed E-state index contributed by atoms with van der Waals surface area (Å²) >= 11 is 0. The van der Waals surface area contributed by atoms with Gasteiger partial charge in [0.2, 0.25) is 0 Å². The van der Waals surface area contributed by atoms with Gasteiger partial charge in [-0.2, -0.15) is 0 Å². The number of nitrogens with one attached hydrogen (secondary N) is 1. The molecule has 0 saturated heterocycles. The van der Waals surface area contributed by atoms with Crippen LogP contribution in [0.5, 0.6) is 0 Å². The van der Waals surface area contributed by atoms with E-state index < -0.39 is 4.92 Å². The van der Waals surface area contributed by atoms with Crippen LogP contribution >= 0.6 is 0 Å². The molecule has 0 bridgehead atoms. The van der Waals surface area contributed by atoms with Crippen LogP contribution in [0.4, 0.5) is 11.4 Å². The Labute approximate surface area is 108 Å². The monoisotopic (exact) mass is 260 g/mol. The van der Waals surface area contributed by atoms with Crippen LogP contribution in [-0.4, -0.2) is 9.49 Å². The lowest BCUT2D eigenvalue weighted by Crippen LogP contribution is -2.20. The topological polar surface area (TPSA) is 103 Å². The van der Waals surface area contributed by atoms with E-state index in [2.05, 4.69) is 5.43 Å². The van der Waals surface area contributed by atoms with Gasteiger partial charge in [-0.05, 0) is 6.07 Å². The van der Waals surface area contributed by atoms with Crippen LogP contribution < -0.4 is 16.8 Å². The van der Waals surface area contributed by atoms with E-state index in [4.69, 9.17) is 5.84 Å². The summed E-state index contributed by atoms with van der Waals surface area (Å²) in [6.45, 7) is 0.209. The van der Waals surface area contributed by atoms with E-state index in [1.54, 1.807) is 30.5 Å². The number of anilines is 1. The first kappa shape index (κ1) is 12.8. The number of pyridine rings is 1. The standard InChI is InChI=1S/C12H12N4O3/c13-14-12-9(4-3-5-10(12)16(18)19)8-15-7-2-1-6-11(15)17/h1-7,14H,8,13H2. The number of nitrogens with zero attached hydrogens (tertiary/aromatic N) is 2. The van der Waals surface area contributed by atoms with E-state index in [-0.39, 0.29) is 23.5 Å². The second-order valence-electron chi connectivity index (χ2n) is 3.88. The third kappa shape index (κ3) is 2.61. The van der Waals surface area contributed by atoms with Gasteiger partial charge in [0.25, 0.3) is 11.2 Å². The molecule has 7 heteroatoms. The highest BCUT2D eigenvalue weighted by atomic mass is 16.6. The lowest BCUT2D eigenvalue weighted by molar-refractivity contribution is -0.384. The molecule has 0 saturated carbocycles. The lowest BCUT2D eigenvalue weighted by atomic mass is 10.1. The predicted octanol–water partition coefficient (Wildman–Crippen LogP) is 1.09. The Morgan fingerprint density at radius 1 is 1.26 bits per heavy atom. The van der Waals surface area contributed by atoms with Crippen molar-refractivity contribution in [3.8, 4) is 0 Å². The molecule has 0 radical (unpaired) electrons. The molecule has 0 atom stereocenters. The normalized spacial score (nSPS) is 10.2. The Morgan fingerprint density at radius 3 is 2.68 bits per heavy atom. The third-order valence-corrected chi connectivity index (χ3v) is 2.71. The largest absolute Gasteiger partial charge is 0.318 e. The summed E-state index contributed by atoms with van der Waals surface area (Å²) in [5.74, 6) is 5.34. The number of hydrazine groups is 1. The number of nitrogen functional groups attached to an aromatic ring is 1. The third-order valence-electron chi connectivity index (χ3n) is 2.71. The van der Waals surface area contributed by atoms with Crippen molar-refractivity contribution < 1.29 is 4.92 Å². The van der Waals surface area contributed by atoms with Gasteiger partial charge in [0.1, 0.15) is 5.69 Å². The molecule has 7 nitrogen and oxygen atoms in total. The molecular formula is C12H12N4O3. The van der Waals surface area contributed by atoms with Crippen LogP contribution in [0.15, 0.2) is 47.4 Å². The maximum absolute atomic E-state index is 11.6. The average molecular weight is 260 g/mol. The van der Waals surface area contributed by atoms with Crippen molar-refractivity contribution in [2.45, 2.75) is 6.54 Å². The average Bonchev–Trinajstić information content (AvgIpc) is 2.41. The van der Waals surface area contributed by atoms with Crippen LogP contribution in [0.3, 0.4) is 0 Å². The van der Waals surface area contributed by atoms with E-state index >= 15 is 0 Å². The molecule has 1 aromatic heterocycles. The Morgan fingerprint density at radius 2 is 2.05 bits per heavy atom. The Kier molecular flexibility index (Phi) is 3.58. The van der Waals surface area contributed by atoms with Gasteiger partial charge in [-0.25, -0.2) is 0 Å². The highest BCUT2D eigenvalue weighted by Gasteiger charge is 2.16.